The van der Waals surface area contributed by atoms with Gasteiger partial charge in [-0.2, -0.15) is 0 Å². The molecule has 0 N–H and O–H groups in total. The molecule has 0 bridgehead atoms. The molecule has 0 amide bonds. The first kappa shape index (κ1) is 18.4. The van der Waals surface area contributed by atoms with Crippen molar-refractivity contribution in [2.24, 2.45) is 0 Å². The van der Waals surface area contributed by atoms with Gasteiger partial charge in [-0.3, -0.25) is 0 Å². The highest BCUT2D eigenvalue weighted by Crippen LogP contribution is 1.91. The van der Waals surface area contributed by atoms with Gasteiger partial charge in [0.15, 0.2) is 0 Å². The van der Waals surface area contributed by atoms with Crippen LogP contribution in [0.15, 0.2) is 0 Å². The Morgan fingerprint density at radius 2 is 1.19 bits per heavy atom. The largest absolute Gasteiger partial charge is 0.484 e. The number of hydrogen-bond donors (Lipinski definition) is 0. The van der Waals surface area contributed by atoms with Crippen LogP contribution in [0, 0.1) is 0 Å². The van der Waals surface area contributed by atoms with Crippen LogP contribution < -0.4 is 0 Å². The summed E-state index contributed by atoms with van der Waals surface area (Å²) in [6.07, 6.45) is 1.26. The molecule has 0 unspecified atom stereocenters. The Kier molecular flexibility index (Phi) is 17.3. The van der Waals surface area contributed by atoms with Crippen LogP contribution in [0.25, 0.3) is 0 Å². The van der Waals surface area contributed by atoms with E-state index in [0.29, 0.717) is 19.8 Å². The highest BCUT2D eigenvalue weighted by atomic mass is 28.3. The van der Waals surface area contributed by atoms with Crippen LogP contribution in [0.3, 0.4) is 0 Å². The molecule has 0 saturated carbocycles. The zero-order chi connectivity index (χ0) is 12.8. The first-order valence-corrected chi connectivity index (χ1v) is 7.53. The molecule has 4 nitrogen and oxygen atoms in total. The second-order valence-corrected chi connectivity index (χ2v) is 5.04. The maximum absolute atomic E-state index is 5.22. The highest BCUT2D eigenvalue weighted by Gasteiger charge is 2.11. The maximum Gasteiger partial charge on any atom is 0.484 e. The first-order chi connectivity index (χ1) is 7.62. The van der Waals surface area contributed by atoms with Gasteiger partial charge in [0.2, 0.25) is 0 Å². The summed E-state index contributed by atoms with van der Waals surface area (Å²) in [5.41, 5.74) is 0. The van der Waals surface area contributed by atoms with Crippen LogP contribution in [0.2, 0.25) is 0 Å². The molecular formula is C11H29NO3Si. The molecule has 0 saturated heterocycles. The van der Waals surface area contributed by atoms with Gasteiger partial charge in [-0.15, -0.1) is 0 Å². The van der Waals surface area contributed by atoms with Crippen LogP contribution in [0.1, 0.15) is 34.1 Å². The molecule has 0 radical (unpaired) electrons. The minimum atomic E-state index is -1.73. The van der Waals surface area contributed by atoms with Crippen molar-refractivity contribution in [2.45, 2.75) is 34.1 Å². The molecule has 0 rings (SSSR count). The van der Waals surface area contributed by atoms with Crippen LogP contribution in [-0.4, -0.2) is 54.9 Å². The second kappa shape index (κ2) is 15.1. The Morgan fingerprint density at radius 3 is 1.31 bits per heavy atom. The number of hydrogen-bond acceptors (Lipinski definition) is 4. The van der Waals surface area contributed by atoms with Crippen molar-refractivity contribution in [3.8, 4) is 0 Å². The molecule has 100 valence electrons. The topological polar surface area (TPSA) is 30.9 Å². The summed E-state index contributed by atoms with van der Waals surface area (Å²) in [6.45, 7) is 11.2. The van der Waals surface area contributed by atoms with Gasteiger partial charge in [0.05, 0.1) is 0 Å². The molecule has 0 fully saturated rings. The van der Waals surface area contributed by atoms with Crippen LogP contribution in [0.4, 0.5) is 0 Å². The summed E-state index contributed by atoms with van der Waals surface area (Å²) in [5, 5.41) is 0. The molecule has 0 aliphatic rings. The monoisotopic (exact) mass is 251 g/mol. The summed E-state index contributed by atoms with van der Waals surface area (Å²) < 4.78 is 15.7. The third kappa shape index (κ3) is 16.5. The lowest BCUT2D eigenvalue weighted by Crippen LogP contribution is -2.27. The third-order valence-electron chi connectivity index (χ3n) is 1.58. The van der Waals surface area contributed by atoms with Crippen molar-refractivity contribution in [3.63, 3.8) is 0 Å². The normalized spacial score (nSPS) is 10.5. The lowest BCUT2D eigenvalue weighted by molar-refractivity contribution is 0.107. The van der Waals surface area contributed by atoms with Crippen molar-refractivity contribution < 1.29 is 13.3 Å². The third-order valence-corrected chi connectivity index (χ3v) is 3.40. The van der Waals surface area contributed by atoms with E-state index < -0.39 is 9.53 Å². The van der Waals surface area contributed by atoms with E-state index in [2.05, 4.69) is 25.9 Å². The second-order valence-electron chi connectivity index (χ2n) is 3.46. The van der Waals surface area contributed by atoms with Gasteiger partial charge in [-0.25, -0.2) is 0 Å². The van der Waals surface area contributed by atoms with Gasteiger partial charge >= 0.3 is 9.53 Å². The van der Waals surface area contributed by atoms with E-state index in [4.69, 9.17) is 13.3 Å². The molecule has 0 aromatic carbocycles. The molecule has 0 aromatic heterocycles. The van der Waals surface area contributed by atoms with Crippen molar-refractivity contribution >= 4 is 9.53 Å². The van der Waals surface area contributed by atoms with E-state index in [9.17, 15) is 0 Å². The lowest BCUT2D eigenvalue weighted by atomic mass is 10.5. The summed E-state index contributed by atoms with van der Waals surface area (Å²) in [6, 6.07) is 0. The van der Waals surface area contributed by atoms with E-state index >= 15 is 0 Å². The first-order valence-electron chi connectivity index (χ1n) is 6.11. The average Bonchev–Trinajstić information content (AvgIpc) is 2.19. The van der Waals surface area contributed by atoms with Gasteiger partial charge in [-0.05, 0) is 47.8 Å². The lowest BCUT2D eigenvalue weighted by Gasteiger charge is -2.12. The molecule has 0 aliphatic heterocycles. The van der Waals surface area contributed by atoms with Gasteiger partial charge in [-0.1, -0.05) is 6.92 Å². The fourth-order valence-corrected chi connectivity index (χ4v) is 2.10. The smallest absolute Gasteiger partial charge is 0.376 e. The Hall–Kier alpha value is 0.0569. The quantitative estimate of drug-likeness (QED) is 0.615. The molecular weight excluding hydrogens is 222 g/mol. The highest BCUT2D eigenvalue weighted by molar-refractivity contribution is 6.36. The SMILES string of the molecule is CCCN(C)C.CCO[SiH](OCC)OCC. The predicted octanol–water partition coefficient (Wildman–Crippen LogP) is 1.77. The van der Waals surface area contributed by atoms with Gasteiger partial charge in [0, 0.05) is 19.8 Å². The number of nitrogens with zero attached hydrogens (tertiary/aromatic N) is 1. The predicted molar refractivity (Wildman–Crippen MR) is 70.9 cm³/mol. The fraction of sp³-hybridized carbons (Fsp3) is 1.00. The van der Waals surface area contributed by atoms with E-state index in [1.54, 1.807) is 0 Å². The minimum Gasteiger partial charge on any atom is -0.376 e. The Labute approximate surface area is 103 Å². The standard InChI is InChI=1S/C6H16O3Si.C5H13N/c1-4-7-10(8-5-2)9-6-3;1-4-5-6(2)3/h10H,4-6H2,1-3H3;4-5H2,1-3H3. The van der Waals surface area contributed by atoms with E-state index in [1.807, 2.05) is 20.8 Å². The van der Waals surface area contributed by atoms with Crippen molar-refractivity contribution in [1.82, 2.24) is 4.90 Å². The van der Waals surface area contributed by atoms with Crippen LogP contribution in [-0.2, 0) is 13.3 Å². The molecule has 16 heavy (non-hydrogen) atoms. The molecule has 0 spiro atoms. The minimum absolute atomic E-state index is 0.677. The Morgan fingerprint density at radius 1 is 0.812 bits per heavy atom. The van der Waals surface area contributed by atoms with Gasteiger partial charge in [0.25, 0.3) is 0 Å². The average molecular weight is 251 g/mol. The van der Waals surface area contributed by atoms with Crippen LogP contribution >= 0.6 is 0 Å². The van der Waals surface area contributed by atoms with E-state index in [-0.39, 0.29) is 0 Å². The van der Waals surface area contributed by atoms with Crippen molar-refractivity contribution in [2.75, 3.05) is 40.5 Å². The van der Waals surface area contributed by atoms with Gasteiger partial charge in [0.1, 0.15) is 0 Å². The Balaban J connectivity index is 0. The summed E-state index contributed by atoms with van der Waals surface area (Å²) in [5.74, 6) is 0. The van der Waals surface area contributed by atoms with E-state index in [0.717, 1.165) is 0 Å². The Bertz CT molecular complexity index is 112. The summed E-state index contributed by atoms with van der Waals surface area (Å²) in [4.78, 5) is 2.18. The zero-order valence-electron chi connectivity index (χ0n) is 11.8. The summed E-state index contributed by atoms with van der Waals surface area (Å²) in [7, 11) is 2.44. The maximum atomic E-state index is 5.22. The molecule has 0 aliphatic carbocycles. The van der Waals surface area contributed by atoms with Crippen LogP contribution in [0.5, 0.6) is 0 Å². The van der Waals surface area contributed by atoms with Crippen molar-refractivity contribution in [3.05, 3.63) is 0 Å². The molecule has 0 aromatic rings. The van der Waals surface area contributed by atoms with Gasteiger partial charge < -0.3 is 18.2 Å². The van der Waals surface area contributed by atoms with E-state index in [1.165, 1.54) is 13.0 Å². The summed E-state index contributed by atoms with van der Waals surface area (Å²) >= 11 is 0. The zero-order valence-corrected chi connectivity index (χ0v) is 12.9. The fourth-order valence-electron chi connectivity index (χ4n) is 1.000. The van der Waals surface area contributed by atoms with Crippen molar-refractivity contribution in [1.29, 1.82) is 0 Å². The molecule has 0 heterocycles. The molecule has 0 atom stereocenters. The number of rotatable bonds is 8. The molecule has 5 heteroatoms.